The van der Waals surface area contributed by atoms with E-state index in [9.17, 15) is 4.79 Å². The monoisotopic (exact) mass is 215 g/mol. The van der Waals surface area contributed by atoms with E-state index in [4.69, 9.17) is 4.42 Å². The van der Waals surface area contributed by atoms with E-state index in [1.807, 2.05) is 0 Å². The molecular formula is C7H6BrNO2. The second kappa shape index (κ2) is 2.37. The fourth-order valence-corrected chi connectivity index (χ4v) is 1.14. The molecular weight excluding hydrogens is 210 g/mol. The van der Waals surface area contributed by atoms with Crippen LogP contribution in [0.25, 0.3) is 0 Å². The molecule has 1 amide bonds. The van der Waals surface area contributed by atoms with Gasteiger partial charge in [0.25, 0.3) is 5.91 Å². The molecule has 1 fully saturated rings. The molecule has 1 saturated heterocycles. The van der Waals surface area contributed by atoms with Gasteiger partial charge in [0.15, 0.2) is 10.4 Å². The van der Waals surface area contributed by atoms with Crippen LogP contribution in [0, 0.1) is 0 Å². The SMILES string of the molecule is O=C(c1ccc(Br)o1)N1CC1. The van der Waals surface area contributed by atoms with E-state index in [0.717, 1.165) is 13.1 Å². The Balaban J connectivity index is 2.21. The van der Waals surface area contributed by atoms with Crippen LogP contribution in [0.1, 0.15) is 10.6 Å². The normalized spacial score (nSPS) is 15.2. The minimum absolute atomic E-state index is 0.0179. The molecule has 0 N–H and O–H groups in total. The average Bonchev–Trinajstić information content (AvgIpc) is 2.74. The highest BCUT2D eigenvalue weighted by atomic mass is 79.9. The summed E-state index contributed by atoms with van der Waals surface area (Å²) in [6.07, 6.45) is 0. The van der Waals surface area contributed by atoms with Crippen LogP contribution in [0.15, 0.2) is 21.2 Å². The van der Waals surface area contributed by atoms with E-state index in [1.54, 1.807) is 17.0 Å². The molecule has 0 atom stereocenters. The van der Waals surface area contributed by atoms with Gasteiger partial charge in [-0.3, -0.25) is 4.79 Å². The molecule has 2 rings (SSSR count). The van der Waals surface area contributed by atoms with Crippen LogP contribution in [-0.4, -0.2) is 23.9 Å². The summed E-state index contributed by atoms with van der Waals surface area (Å²) in [5.74, 6) is 0.394. The molecule has 1 aromatic heterocycles. The Bertz CT molecular complexity index is 290. The molecule has 0 radical (unpaired) electrons. The first-order valence-electron chi connectivity index (χ1n) is 3.32. The Labute approximate surface area is 72.1 Å². The number of amides is 1. The highest BCUT2D eigenvalue weighted by Crippen LogP contribution is 2.18. The van der Waals surface area contributed by atoms with Gasteiger partial charge >= 0.3 is 0 Å². The topological polar surface area (TPSA) is 33.2 Å². The molecule has 0 aliphatic carbocycles. The van der Waals surface area contributed by atoms with Gasteiger partial charge in [-0.15, -0.1) is 0 Å². The molecule has 0 aromatic carbocycles. The van der Waals surface area contributed by atoms with Gasteiger partial charge in [-0.25, -0.2) is 0 Å². The van der Waals surface area contributed by atoms with E-state index in [1.165, 1.54) is 0 Å². The first-order chi connectivity index (χ1) is 5.27. The molecule has 0 spiro atoms. The third-order valence-corrected chi connectivity index (χ3v) is 1.94. The number of hydrogen-bond acceptors (Lipinski definition) is 2. The molecule has 58 valence electrons. The van der Waals surface area contributed by atoms with Crippen molar-refractivity contribution in [1.82, 2.24) is 4.90 Å². The zero-order valence-electron chi connectivity index (χ0n) is 5.71. The van der Waals surface area contributed by atoms with Crippen molar-refractivity contribution in [3.8, 4) is 0 Å². The summed E-state index contributed by atoms with van der Waals surface area (Å²) in [5.41, 5.74) is 0. The summed E-state index contributed by atoms with van der Waals surface area (Å²) >= 11 is 3.13. The first kappa shape index (κ1) is 6.91. The first-order valence-corrected chi connectivity index (χ1v) is 4.11. The van der Waals surface area contributed by atoms with Crippen LogP contribution in [0.4, 0.5) is 0 Å². The number of furan rings is 1. The van der Waals surface area contributed by atoms with Crippen LogP contribution in [0.5, 0.6) is 0 Å². The molecule has 2 heterocycles. The predicted octanol–water partition coefficient (Wildman–Crippen LogP) is 1.50. The minimum atomic E-state index is -0.0179. The van der Waals surface area contributed by atoms with E-state index in [0.29, 0.717) is 10.4 Å². The summed E-state index contributed by atoms with van der Waals surface area (Å²) in [6.45, 7) is 1.72. The quantitative estimate of drug-likeness (QED) is 0.666. The molecule has 1 aromatic rings. The summed E-state index contributed by atoms with van der Waals surface area (Å²) < 4.78 is 5.67. The van der Waals surface area contributed by atoms with Crippen molar-refractivity contribution < 1.29 is 9.21 Å². The van der Waals surface area contributed by atoms with Gasteiger partial charge in [0.05, 0.1) is 0 Å². The van der Waals surface area contributed by atoms with Gasteiger partial charge in [0.1, 0.15) is 0 Å². The summed E-state index contributed by atoms with van der Waals surface area (Å²) in [5, 5.41) is 0. The second-order valence-electron chi connectivity index (χ2n) is 2.40. The van der Waals surface area contributed by atoms with E-state index in [-0.39, 0.29) is 5.91 Å². The van der Waals surface area contributed by atoms with Crippen LogP contribution < -0.4 is 0 Å². The molecule has 11 heavy (non-hydrogen) atoms. The number of nitrogens with zero attached hydrogens (tertiary/aromatic N) is 1. The molecule has 1 aliphatic rings. The van der Waals surface area contributed by atoms with Crippen molar-refractivity contribution in [3.05, 3.63) is 22.6 Å². The van der Waals surface area contributed by atoms with Gasteiger partial charge < -0.3 is 9.32 Å². The van der Waals surface area contributed by atoms with Crippen LogP contribution >= 0.6 is 15.9 Å². The van der Waals surface area contributed by atoms with Crippen molar-refractivity contribution in [2.24, 2.45) is 0 Å². The lowest BCUT2D eigenvalue weighted by Gasteiger charge is -1.94. The second-order valence-corrected chi connectivity index (χ2v) is 3.18. The smallest absolute Gasteiger partial charge is 0.289 e. The molecule has 0 unspecified atom stereocenters. The number of carbonyl (C=O) groups is 1. The Morgan fingerprint density at radius 3 is 2.73 bits per heavy atom. The standard InChI is InChI=1S/C7H6BrNO2/c8-6-2-1-5(11-6)7(10)9-3-4-9/h1-2H,3-4H2. The molecule has 1 aliphatic heterocycles. The van der Waals surface area contributed by atoms with Gasteiger partial charge in [-0.05, 0) is 28.1 Å². The van der Waals surface area contributed by atoms with Crippen LogP contribution in [0.3, 0.4) is 0 Å². The molecule has 0 bridgehead atoms. The van der Waals surface area contributed by atoms with Crippen molar-refractivity contribution >= 4 is 21.8 Å². The predicted molar refractivity (Wildman–Crippen MR) is 42.3 cm³/mol. The summed E-state index contributed by atoms with van der Waals surface area (Å²) in [6, 6.07) is 3.39. The van der Waals surface area contributed by atoms with Crippen molar-refractivity contribution in [3.63, 3.8) is 0 Å². The molecule has 4 heteroatoms. The lowest BCUT2D eigenvalue weighted by Crippen LogP contribution is -2.08. The third kappa shape index (κ3) is 1.30. The van der Waals surface area contributed by atoms with Crippen LogP contribution in [-0.2, 0) is 0 Å². The van der Waals surface area contributed by atoms with Crippen LogP contribution in [0.2, 0.25) is 0 Å². The fraction of sp³-hybridized carbons (Fsp3) is 0.286. The Morgan fingerprint density at radius 1 is 1.55 bits per heavy atom. The van der Waals surface area contributed by atoms with E-state index < -0.39 is 0 Å². The number of rotatable bonds is 1. The number of carbonyl (C=O) groups excluding carboxylic acids is 1. The van der Waals surface area contributed by atoms with Crippen molar-refractivity contribution in [2.45, 2.75) is 0 Å². The molecule has 0 saturated carbocycles. The van der Waals surface area contributed by atoms with E-state index in [2.05, 4.69) is 15.9 Å². The Hall–Kier alpha value is -0.770. The summed E-state index contributed by atoms with van der Waals surface area (Å²) in [7, 11) is 0. The van der Waals surface area contributed by atoms with Crippen molar-refractivity contribution in [2.75, 3.05) is 13.1 Å². The molecule has 3 nitrogen and oxygen atoms in total. The highest BCUT2D eigenvalue weighted by Gasteiger charge is 2.27. The zero-order chi connectivity index (χ0) is 7.84. The Kier molecular flexibility index (Phi) is 1.49. The largest absolute Gasteiger partial charge is 0.444 e. The number of hydrogen-bond donors (Lipinski definition) is 0. The van der Waals surface area contributed by atoms with Gasteiger partial charge in [-0.2, -0.15) is 0 Å². The van der Waals surface area contributed by atoms with Crippen molar-refractivity contribution in [1.29, 1.82) is 0 Å². The Morgan fingerprint density at radius 2 is 2.27 bits per heavy atom. The van der Waals surface area contributed by atoms with Gasteiger partial charge in [0.2, 0.25) is 0 Å². The maximum Gasteiger partial charge on any atom is 0.289 e. The summed E-state index contributed by atoms with van der Waals surface area (Å²) in [4.78, 5) is 12.9. The number of halogens is 1. The van der Waals surface area contributed by atoms with Gasteiger partial charge in [-0.1, -0.05) is 0 Å². The van der Waals surface area contributed by atoms with E-state index >= 15 is 0 Å². The highest BCUT2D eigenvalue weighted by molar-refractivity contribution is 9.10. The zero-order valence-corrected chi connectivity index (χ0v) is 7.30. The maximum atomic E-state index is 11.2. The average molecular weight is 216 g/mol. The lowest BCUT2D eigenvalue weighted by atomic mass is 10.4. The van der Waals surface area contributed by atoms with Gasteiger partial charge in [0, 0.05) is 13.1 Å². The maximum absolute atomic E-state index is 11.2. The lowest BCUT2D eigenvalue weighted by molar-refractivity contribution is 0.0854. The fourth-order valence-electron chi connectivity index (χ4n) is 0.838. The third-order valence-electron chi connectivity index (χ3n) is 1.52. The minimum Gasteiger partial charge on any atom is -0.444 e.